The van der Waals surface area contributed by atoms with Crippen molar-refractivity contribution in [3.05, 3.63) is 146 Å². The second-order valence-electron chi connectivity index (χ2n) is 10.9. The van der Waals surface area contributed by atoms with Crippen molar-refractivity contribution in [1.82, 2.24) is 9.97 Å². The van der Waals surface area contributed by atoms with Crippen LogP contribution < -0.4 is 0 Å². The summed E-state index contributed by atoms with van der Waals surface area (Å²) in [6, 6.07) is 48.1. The van der Waals surface area contributed by atoms with Crippen molar-refractivity contribution in [2.45, 2.75) is 0 Å². The fourth-order valence-corrected chi connectivity index (χ4v) is 6.91. The summed E-state index contributed by atoms with van der Waals surface area (Å²) in [5, 5.41) is 13.2. The number of hydrogen-bond donors (Lipinski definition) is 0. The fourth-order valence-electron chi connectivity index (χ4n) is 6.91. The highest BCUT2D eigenvalue weighted by atomic mass is 14.7. The highest BCUT2D eigenvalue weighted by Gasteiger charge is 2.21. The van der Waals surface area contributed by atoms with Crippen molar-refractivity contribution in [3.8, 4) is 22.4 Å². The minimum absolute atomic E-state index is 1.03. The fraction of sp³-hybridized carbons (Fsp3) is 0. The van der Waals surface area contributed by atoms with Gasteiger partial charge in [-0.3, -0.25) is 4.98 Å². The second kappa shape index (κ2) is 8.95. The number of pyridine rings is 2. The van der Waals surface area contributed by atoms with E-state index in [0.29, 0.717) is 0 Å². The topological polar surface area (TPSA) is 25.8 Å². The van der Waals surface area contributed by atoms with E-state index in [2.05, 4.69) is 138 Å². The van der Waals surface area contributed by atoms with Gasteiger partial charge in [0.15, 0.2) is 0 Å². The molecule has 0 aliphatic heterocycles. The Kier molecular flexibility index (Phi) is 4.93. The number of hydrogen-bond acceptors (Lipinski definition) is 2. The first-order chi connectivity index (χ1) is 20.9. The molecule has 7 aromatic carbocycles. The van der Waals surface area contributed by atoms with Crippen molar-refractivity contribution >= 4 is 64.8 Å². The van der Waals surface area contributed by atoms with Crippen LogP contribution in [-0.4, -0.2) is 9.97 Å². The summed E-state index contributed by atoms with van der Waals surface area (Å²) >= 11 is 0. The Balaban J connectivity index is 1.56. The smallest absolute Gasteiger partial charge is 0.0807 e. The summed E-state index contributed by atoms with van der Waals surface area (Å²) < 4.78 is 0. The van der Waals surface area contributed by atoms with E-state index in [1.54, 1.807) is 0 Å². The van der Waals surface area contributed by atoms with Gasteiger partial charge in [0, 0.05) is 34.1 Å². The van der Waals surface area contributed by atoms with Crippen LogP contribution in [0.25, 0.3) is 87.1 Å². The minimum Gasteiger partial charge on any atom is -0.265 e. The predicted octanol–water partition coefficient (Wildman–Crippen LogP) is 10.7. The van der Waals surface area contributed by atoms with E-state index in [4.69, 9.17) is 4.98 Å². The zero-order valence-corrected chi connectivity index (χ0v) is 22.8. The molecule has 9 aromatic rings. The lowest BCUT2D eigenvalue weighted by atomic mass is 9.85. The number of benzene rings is 7. The molecular weight excluding hydrogens is 508 g/mol. The lowest BCUT2D eigenvalue weighted by Crippen LogP contribution is -1.96. The summed E-state index contributed by atoms with van der Waals surface area (Å²) in [7, 11) is 0. The number of fused-ring (bicyclic) bond motifs is 9. The lowest BCUT2D eigenvalue weighted by molar-refractivity contribution is 1.33. The first kappa shape index (κ1) is 23.1. The Hall–Kier alpha value is -5.60. The maximum absolute atomic E-state index is 5.64. The standard InChI is InChI=1S/C40H24N2/c1-3-11-28-25(9-1)17-19-34-35-20-18-26-10-2-4-12-29(26)39(35)42-40(37(28)34)38-32-15-7-5-13-30(32)36(27-21-23-41-24-22-27)31-14-6-8-16-33(31)38/h1-24H. The normalized spacial score (nSPS) is 11.8. The molecule has 0 saturated heterocycles. The highest BCUT2D eigenvalue weighted by Crippen LogP contribution is 2.47. The van der Waals surface area contributed by atoms with Crippen LogP contribution in [0.4, 0.5) is 0 Å². The van der Waals surface area contributed by atoms with E-state index in [0.717, 1.165) is 16.8 Å². The summed E-state index contributed by atoms with van der Waals surface area (Å²) in [6.45, 7) is 0. The molecule has 0 N–H and O–H groups in total. The zero-order chi connectivity index (χ0) is 27.6. The molecule has 2 heterocycles. The Morgan fingerprint density at radius 2 is 0.857 bits per heavy atom. The number of rotatable bonds is 2. The molecule has 42 heavy (non-hydrogen) atoms. The zero-order valence-electron chi connectivity index (χ0n) is 22.8. The summed E-state index contributed by atoms with van der Waals surface area (Å²) in [5.41, 5.74) is 5.64. The average molecular weight is 533 g/mol. The van der Waals surface area contributed by atoms with E-state index in [9.17, 15) is 0 Å². The van der Waals surface area contributed by atoms with Gasteiger partial charge in [-0.15, -0.1) is 0 Å². The molecule has 2 nitrogen and oxygen atoms in total. The third-order valence-electron chi connectivity index (χ3n) is 8.72. The maximum Gasteiger partial charge on any atom is 0.0807 e. The first-order valence-corrected chi connectivity index (χ1v) is 14.3. The van der Waals surface area contributed by atoms with Gasteiger partial charge in [0.25, 0.3) is 0 Å². The number of nitrogens with zero attached hydrogens (tertiary/aromatic N) is 2. The minimum atomic E-state index is 1.03. The van der Waals surface area contributed by atoms with Crippen LogP contribution in [0.5, 0.6) is 0 Å². The second-order valence-corrected chi connectivity index (χ2v) is 10.9. The van der Waals surface area contributed by atoms with Crippen LogP contribution in [0.1, 0.15) is 0 Å². The van der Waals surface area contributed by atoms with Crippen LogP contribution in [0, 0.1) is 0 Å². The van der Waals surface area contributed by atoms with Crippen molar-refractivity contribution in [2.24, 2.45) is 0 Å². The Bertz CT molecular complexity index is 2460. The van der Waals surface area contributed by atoms with Crippen LogP contribution in [0.2, 0.25) is 0 Å². The molecular formula is C40H24N2. The largest absolute Gasteiger partial charge is 0.265 e. The third kappa shape index (κ3) is 3.27. The van der Waals surface area contributed by atoms with Crippen LogP contribution in [-0.2, 0) is 0 Å². The molecule has 0 spiro atoms. The predicted molar refractivity (Wildman–Crippen MR) is 178 cm³/mol. The molecule has 0 amide bonds. The molecule has 2 aromatic heterocycles. The van der Waals surface area contributed by atoms with Gasteiger partial charge in [-0.1, -0.05) is 121 Å². The van der Waals surface area contributed by atoms with E-state index >= 15 is 0 Å². The van der Waals surface area contributed by atoms with E-state index < -0.39 is 0 Å². The van der Waals surface area contributed by atoms with Gasteiger partial charge in [-0.2, -0.15) is 0 Å². The maximum atomic E-state index is 5.64. The molecule has 0 unspecified atom stereocenters. The Morgan fingerprint density at radius 1 is 0.357 bits per heavy atom. The summed E-state index contributed by atoms with van der Waals surface area (Å²) in [5.74, 6) is 0. The molecule has 0 fully saturated rings. The molecule has 2 heteroatoms. The van der Waals surface area contributed by atoms with Gasteiger partial charge in [-0.25, -0.2) is 4.98 Å². The van der Waals surface area contributed by atoms with Crippen LogP contribution >= 0.6 is 0 Å². The van der Waals surface area contributed by atoms with Crippen molar-refractivity contribution in [3.63, 3.8) is 0 Å². The van der Waals surface area contributed by atoms with Gasteiger partial charge >= 0.3 is 0 Å². The van der Waals surface area contributed by atoms with Crippen LogP contribution in [0.3, 0.4) is 0 Å². The lowest BCUT2D eigenvalue weighted by Gasteiger charge is -2.20. The Morgan fingerprint density at radius 3 is 1.50 bits per heavy atom. The first-order valence-electron chi connectivity index (χ1n) is 14.3. The molecule has 0 aliphatic rings. The molecule has 0 saturated carbocycles. The van der Waals surface area contributed by atoms with E-state index in [1.807, 2.05) is 12.4 Å². The molecule has 9 rings (SSSR count). The van der Waals surface area contributed by atoms with Gasteiger partial charge in [0.1, 0.15) is 0 Å². The van der Waals surface area contributed by atoms with Gasteiger partial charge in [0.2, 0.25) is 0 Å². The van der Waals surface area contributed by atoms with Gasteiger partial charge in [-0.05, 0) is 66.3 Å². The summed E-state index contributed by atoms with van der Waals surface area (Å²) in [4.78, 5) is 9.95. The third-order valence-corrected chi connectivity index (χ3v) is 8.72. The van der Waals surface area contributed by atoms with Crippen LogP contribution in [0.15, 0.2) is 146 Å². The van der Waals surface area contributed by atoms with Crippen molar-refractivity contribution in [1.29, 1.82) is 0 Å². The Labute approximate surface area is 242 Å². The van der Waals surface area contributed by atoms with Gasteiger partial charge < -0.3 is 0 Å². The molecule has 0 radical (unpaired) electrons. The molecule has 0 aliphatic carbocycles. The molecule has 194 valence electrons. The molecule has 0 bridgehead atoms. The van der Waals surface area contributed by atoms with E-state index in [-0.39, 0.29) is 0 Å². The SMILES string of the molecule is c1ccc2c(c1)ccc1c3ccc4ccccc4c3c(-c3c4ccccc4c(-c4ccncc4)c4ccccc34)nc21. The van der Waals surface area contributed by atoms with Crippen molar-refractivity contribution in [2.75, 3.05) is 0 Å². The molecule has 0 atom stereocenters. The summed E-state index contributed by atoms with van der Waals surface area (Å²) in [6.07, 6.45) is 3.75. The van der Waals surface area contributed by atoms with Gasteiger partial charge in [0.05, 0.1) is 11.2 Å². The number of aromatic nitrogens is 2. The quantitative estimate of drug-likeness (QED) is 0.163. The van der Waals surface area contributed by atoms with Crippen molar-refractivity contribution < 1.29 is 0 Å². The highest BCUT2D eigenvalue weighted by molar-refractivity contribution is 6.29. The average Bonchev–Trinajstić information content (AvgIpc) is 3.07. The van der Waals surface area contributed by atoms with E-state index in [1.165, 1.54) is 70.4 Å². The monoisotopic (exact) mass is 532 g/mol.